The lowest BCUT2D eigenvalue weighted by Crippen LogP contribution is -2.57. The molecule has 0 bridgehead atoms. The van der Waals surface area contributed by atoms with Crippen molar-refractivity contribution >= 4 is 11.8 Å². The number of carbonyl (C=O) groups excluding carboxylic acids is 2. The van der Waals surface area contributed by atoms with Crippen LogP contribution >= 0.6 is 0 Å². The average Bonchev–Trinajstić information content (AvgIpc) is 2.59. The van der Waals surface area contributed by atoms with Crippen molar-refractivity contribution in [2.45, 2.75) is 38.4 Å². The molecule has 1 aromatic rings. The number of methoxy groups -OCH3 is 1. The molecule has 0 aliphatic carbocycles. The van der Waals surface area contributed by atoms with Gasteiger partial charge < -0.3 is 20.5 Å². The fourth-order valence-electron chi connectivity index (χ4n) is 2.82. The molecule has 8 heteroatoms. The number of hydrogen-bond donors (Lipinski definition) is 3. The smallest absolute Gasteiger partial charge is 0.237 e. The third-order valence-electron chi connectivity index (χ3n) is 4.33. The van der Waals surface area contributed by atoms with E-state index in [0.717, 1.165) is 0 Å². The van der Waals surface area contributed by atoms with Gasteiger partial charge in [-0.15, -0.1) is 0 Å². The lowest BCUT2D eigenvalue weighted by molar-refractivity contribution is -0.135. The highest BCUT2D eigenvalue weighted by Crippen LogP contribution is 2.20. The largest absolute Gasteiger partial charge is 0.497 e. The fraction of sp³-hybridized carbons (Fsp3) is 0.556. The van der Waals surface area contributed by atoms with E-state index in [4.69, 9.17) is 4.74 Å². The van der Waals surface area contributed by atoms with Gasteiger partial charge in [0, 0.05) is 31.3 Å². The molecule has 0 unspecified atom stereocenters. The number of ether oxygens (including phenoxy) is 1. The predicted molar refractivity (Wildman–Crippen MR) is 94.1 cm³/mol. The predicted octanol–water partition coefficient (Wildman–Crippen LogP) is 0.412. The van der Waals surface area contributed by atoms with Gasteiger partial charge in [-0.05, 0) is 19.9 Å². The lowest BCUT2D eigenvalue weighted by atomic mass is 10.0. The van der Waals surface area contributed by atoms with Gasteiger partial charge in [0.15, 0.2) is 0 Å². The molecule has 1 heterocycles. The SMILES string of the molecule is COc1ccc(CN2CCNC(=O)[C@@H]2CC(=O)NC(C)(C)CO)c(F)c1. The van der Waals surface area contributed by atoms with E-state index in [1.807, 2.05) is 0 Å². The van der Waals surface area contributed by atoms with Gasteiger partial charge in [-0.2, -0.15) is 0 Å². The number of halogens is 1. The number of benzene rings is 1. The number of carbonyl (C=O) groups is 2. The summed E-state index contributed by atoms with van der Waals surface area (Å²) in [7, 11) is 1.46. The van der Waals surface area contributed by atoms with Gasteiger partial charge in [0.05, 0.1) is 31.7 Å². The molecule has 2 amide bonds. The van der Waals surface area contributed by atoms with Crippen LogP contribution in [0.5, 0.6) is 5.75 Å². The molecule has 144 valence electrons. The minimum Gasteiger partial charge on any atom is -0.497 e. The minimum absolute atomic E-state index is 0.0625. The van der Waals surface area contributed by atoms with E-state index in [-0.39, 0.29) is 31.4 Å². The van der Waals surface area contributed by atoms with Crippen molar-refractivity contribution in [1.29, 1.82) is 0 Å². The molecule has 1 fully saturated rings. The minimum atomic E-state index is -0.769. The maximum absolute atomic E-state index is 14.2. The maximum Gasteiger partial charge on any atom is 0.237 e. The fourth-order valence-corrected chi connectivity index (χ4v) is 2.82. The summed E-state index contributed by atoms with van der Waals surface area (Å²) in [5, 5.41) is 14.7. The molecular weight excluding hydrogens is 341 g/mol. The van der Waals surface area contributed by atoms with Gasteiger partial charge in [-0.1, -0.05) is 6.07 Å². The number of amides is 2. The molecule has 3 N–H and O–H groups in total. The Hall–Kier alpha value is -2.19. The standard InChI is InChI=1S/C18H26FN3O4/c1-18(2,11-23)21-16(24)9-15-17(25)20-6-7-22(15)10-12-4-5-13(26-3)8-14(12)19/h4-5,8,15,23H,6-7,9-11H2,1-3H3,(H,20,25)(H,21,24)/t15-/m0/s1. The Morgan fingerprint density at radius 2 is 2.23 bits per heavy atom. The molecule has 1 aromatic carbocycles. The second-order valence-corrected chi connectivity index (χ2v) is 7.03. The Labute approximate surface area is 152 Å². The van der Waals surface area contributed by atoms with Crippen LogP contribution in [0.3, 0.4) is 0 Å². The highest BCUT2D eigenvalue weighted by Gasteiger charge is 2.33. The second-order valence-electron chi connectivity index (χ2n) is 7.03. The van der Waals surface area contributed by atoms with Crippen molar-refractivity contribution in [2.75, 3.05) is 26.8 Å². The summed E-state index contributed by atoms with van der Waals surface area (Å²) in [5.74, 6) is -0.599. The first-order chi connectivity index (χ1) is 12.3. The summed E-state index contributed by atoms with van der Waals surface area (Å²) >= 11 is 0. The lowest BCUT2D eigenvalue weighted by Gasteiger charge is -2.35. The number of hydrogen-bond acceptors (Lipinski definition) is 5. The molecule has 0 saturated carbocycles. The van der Waals surface area contributed by atoms with Crippen LogP contribution in [0.15, 0.2) is 18.2 Å². The van der Waals surface area contributed by atoms with E-state index < -0.39 is 17.4 Å². The average molecular weight is 367 g/mol. The Bertz CT molecular complexity index is 666. The summed E-state index contributed by atoms with van der Waals surface area (Å²) in [5.41, 5.74) is -0.337. The highest BCUT2D eigenvalue weighted by atomic mass is 19.1. The second kappa shape index (κ2) is 8.46. The molecule has 1 aliphatic rings. The van der Waals surface area contributed by atoms with E-state index in [1.54, 1.807) is 30.9 Å². The van der Waals surface area contributed by atoms with Crippen molar-refractivity contribution in [3.05, 3.63) is 29.6 Å². The summed E-state index contributed by atoms with van der Waals surface area (Å²) in [6, 6.07) is 3.88. The normalized spacial score (nSPS) is 18.3. The molecular formula is C18H26FN3O4. The number of nitrogens with one attached hydrogen (secondary N) is 2. The van der Waals surface area contributed by atoms with Crippen molar-refractivity contribution in [1.82, 2.24) is 15.5 Å². The quantitative estimate of drug-likeness (QED) is 0.650. The summed E-state index contributed by atoms with van der Waals surface area (Å²) in [6.45, 7) is 4.34. The first-order valence-corrected chi connectivity index (χ1v) is 8.52. The van der Waals surface area contributed by atoms with Gasteiger partial charge >= 0.3 is 0 Å². The molecule has 7 nitrogen and oxygen atoms in total. The van der Waals surface area contributed by atoms with Gasteiger partial charge in [-0.3, -0.25) is 14.5 Å². The molecule has 1 atom stereocenters. The number of nitrogens with zero attached hydrogens (tertiary/aromatic N) is 1. The number of piperazine rings is 1. The Kier molecular flexibility index (Phi) is 6.55. The van der Waals surface area contributed by atoms with Gasteiger partial charge in [-0.25, -0.2) is 4.39 Å². The zero-order valence-corrected chi connectivity index (χ0v) is 15.3. The van der Waals surface area contributed by atoms with E-state index in [0.29, 0.717) is 24.4 Å². The molecule has 1 aliphatic heterocycles. The Morgan fingerprint density at radius 3 is 2.85 bits per heavy atom. The zero-order valence-electron chi connectivity index (χ0n) is 15.3. The number of aliphatic hydroxyl groups is 1. The zero-order chi connectivity index (χ0) is 19.3. The third kappa shape index (κ3) is 5.15. The summed E-state index contributed by atoms with van der Waals surface area (Å²) in [4.78, 5) is 26.3. The van der Waals surface area contributed by atoms with Crippen molar-refractivity contribution in [3.8, 4) is 5.75 Å². The molecule has 0 aromatic heterocycles. The summed E-state index contributed by atoms with van der Waals surface area (Å²) < 4.78 is 19.2. The maximum atomic E-state index is 14.2. The Morgan fingerprint density at radius 1 is 1.50 bits per heavy atom. The topological polar surface area (TPSA) is 90.9 Å². The van der Waals surface area contributed by atoms with Crippen molar-refractivity contribution in [3.63, 3.8) is 0 Å². The third-order valence-corrected chi connectivity index (χ3v) is 4.33. The van der Waals surface area contributed by atoms with E-state index >= 15 is 0 Å². The first-order valence-electron chi connectivity index (χ1n) is 8.52. The van der Waals surface area contributed by atoms with Crippen LogP contribution in [-0.2, 0) is 16.1 Å². The first kappa shape index (κ1) is 20.1. The van der Waals surface area contributed by atoms with Crippen LogP contribution in [0, 0.1) is 5.82 Å². The molecule has 0 radical (unpaired) electrons. The van der Waals surface area contributed by atoms with E-state index in [2.05, 4.69) is 10.6 Å². The van der Waals surface area contributed by atoms with Gasteiger partial charge in [0.2, 0.25) is 11.8 Å². The Balaban J connectivity index is 2.10. The summed E-state index contributed by atoms with van der Waals surface area (Å²) in [6.07, 6.45) is -0.0625. The number of rotatable bonds is 7. The molecule has 1 saturated heterocycles. The molecule has 0 spiro atoms. The van der Waals surface area contributed by atoms with Crippen LogP contribution in [0.2, 0.25) is 0 Å². The van der Waals surface area contributed by atoms with E-state index in [9.17, 15) is 19.1 Å². The van der Waals surface area contributed by atoms with Crippen LogP contribution in [0.4, 0.5) is 4.39 Å². The van der Waals surface area contributed by atoms with Crippen molar-refractivity contribution < 1.29 is 23.8 Å². The van der Waals surface area contributed by atoms with Crippen LogP contribution in [0.1, 0.15) is 25.8 Å². The van der Waals surface area contributed by atoms with Crippen LogP contribution < -0.4 is 15.4 Å². The van der Waals surface area contributed by atoms with Crippen LogP contribution in [-0.4, -0.2) is 60.2 Å². The van der Waals surface area contributed by atoms with Gasteiger partial charge in [0.1, 0.15) is 11.6 Å². The number of aliphatic hydroxyl groups excluding tert-OH is 1. The van der Waals surface area contributed by atoms with Crippen molar-refractivity contribution in [2.24, 2.45) is 0 Å². The van der Waals surface area contributed by atoms with E-state index in [1.165, 1.54) is 13.2 Å². The molecule has 26 heavy (non-hydrogen) atoms. The van der Waals surface area contributed by atoms with Crippen LogP contribution in [0.25, 0.3) is 0 Å². The monoisotopic (exact) mass is 367 g/mol. The molecule has 2 rings (SSSR count). The van der Waals surface area contributed by atoms with Gasteiger partial charge in [0.25, 0.3) is 0 Å². The highest BCUT2D eigenvalue weighted by molar-refractivity contribution is 5.89.